The molecule has 0 amide bonds. The van der Waals surface area contributed by atoms with E-state index in [-0.39, 0.29) is 0 Å². The Morgan fingerprint density at radius 1 is 1.18 bits per heavy atom. The highest BCUT2D eigenvalue weighted by molar-refractivity contribution is 6.32. The van der Waals surface area contributed by atoms with Crippen LogP contribution in [0.15, 0.2) is 48.5 Å². The molecular weight excluding hydrogens is 300 g/mol. The molecule has 0 fully saturated rings. The van der Waals surface area contributed by atoms with Gasteiger partial charge in [-0.1, -0.05) is 54.1 Å². The summed E-state index contributed by atoms with van der Waals surface area (Å²) in [5, 5.41) is 0.475. The lowest BCUT2D eigenvalue weighted by Gasteiger charge is -2.06. The smallest absolute Gasteiger partial charge is 0.338 e. The van der Waals surface area contributed by atoms with Crippen molar-refractivity contribution in [3.63, 3.8) is 0 Å². The van der Waals surface area contributed by atoms with Gasteiger partial charge in [0.25, 0.3) is 0 Å². The lowest BCUT2D eigenvalue weighted by atomic mass is 10.0. The Balaban J connectivity index is 2.27. The Morgan fingerprint density at radius 2 is 1.95 bits per heavy atom. The van der Waals surface area contributed by atoms with Crippen LogP contribution in [0.25, 0.3) is 6.08 Å². The first-order chi connectivity index (χ1) is 10.7. The summed E-state index contributed by atoms with van der Waals surface area (Å²) in [6, 6.07) is 12.4. The van der Waals surface area contributed by atoms with Crippen LogP contribution in [-0.2, 0) is 11.2 Å². The minimum atomic E-state index is -0.435. The average Bonchev–Trinajstić information content (AvgIpc) is 2.56. The van der Waals surface area contributed by atoms with Gasteiger partial charge in [-0.15, -0.1) is 0 Å². The van der Waals surface area contributed by atoms with E-state index in [1.165, 1.54) is 7.11 Å². The first-order valence-electron chi connectivity index (χ1n) is 6.74. The van der Waals surface area contributed by atoms with Crippen molar-refractivity contribution in [2.24, 2.45) is 0 Å². The molecule has 0 radical (unpaired) electrons. The molecule has 0 saturated carbocycles. The molecule has 2 rings (SSSR count). The summed E-state index contributed by atoms with van der Waals surface area (Å²) >= 11 is 6.16. The van der Waals surface area contributed by atoms with Crippen LogP contribution in [0.4, 0.5) is 0 Å². The molecule has 0 atom stereocenters. The zero-order valence-electron chi connectivity index (χ0n) is 12.1. The summed E-state index contributed by atoms with van der Waals surface area (Å²) in [4.78, 5) is 22.7. The molecule has 0 aliphatic rings. The van der Waals surface area contributed by atoms with Gasteiger partial charge in [0, 0.05) is 16.1 Å². The number of methoxy groups -OCH3 is 1. The average molecular weight is 315 g/mol. The Labute approximate surface area is 134 Å². The van der Waals surface area contributed by atoms with E-state index in [0.29, 0.717) is 28.1 Å². The van der Waals surface area contributed by atoms with Gasteiger partial charge in [-0.05, 0) is 24.1 Å². The van der Waals surface area contributed by atoms with Gasteiger partial charge in [0.2, 0.25) is 0 Å². The molecular formula is C18H15ClO3. The zero-order chi connectivity index (χ0) is 15.9. The van der Waals surface area contributed by atoms with Gasteiger partial charge >= 0.3 is 5.97 Å². The third kappa shape index (κ3) is 3.62. The number of carbonyl (C=O) groups excluding carboxylic acids is 2. The minimum absolute atomic E-state index is 0.412. The van der Waals surface area contributed by atoms with E-state index in [1.54, 1.807) is 30.3 Å². The number of carbonyl (C=O) groups is 2. The first-order valence-corrected chi connectivity index (χ1v) is 7.11. The summed E-state index contributed by atoms with van der Waals surface area (Å²) in [5.74, 6) is -0.435. The fourth-order valence-corrected chi connectivity index (χ4v) is 2.37. The number of halogens is 1. The zero-order valence-corrected chi connectivity index (χ0v) is 12.8. The topological polar surface area (TPSA) is 43.4 Å². The maximum atomic E-state index is 11.8. The maximum absolute atomic E-state index is 11.8. The number of esters is 1. The Kier molecular flexibility index (Phi) is 5.50. The second-order valence-corrected chi connectivity index (χ2v) is 5.02. The predicted octanol–water partition coefficient (Wildman–Crippen LogP) is 4.20. The number of allylic oxidation sites excluding steroid dienone is 1. The summed E-state index contributed by atoms with van der Waals surface area (Å²) in [5.41, 5.74) is 2.59. The van der Waals surface area contributed by atoms with Crippen LogP contribution < -0.4 is 0 Å². The highest BCUT2D eigenvalue weighted by Gasteiger charge is 2.12. The van der Waals surface area contributed by atoms with Crippen molar-refractivity contribution in [2.75, 3.05) is 7.11 Å². The number of hydrogen-bond donors (Lipinski definition) is 0. The van der Waals surface area contributed by atoms with Crippen LogP contribution >= 0.6 is 11.6 Å². The van der Waals surface area contributed by atoms with Gasteiger partial charge in [-0.2, -0.15) is 0 Å². The maximum Gasteiger partial charge on any atom is 0.338 e. The molecule has 0 aliphatic carbocycles. The Bertz CT molecular complexity index is 720. The fourth-order valence-electron chi connectivity index (χ4n) is 2.13. The molecule has 112 valence electrons. The third-order valence-electron chi connectivity index (χ3n) is 3.26. The van der Waals surface area contributed by atoms with Crippen molar-refractivity contribution in [1.82, 2.24) is 0 Å². The van der Waals surface area contributed by atoms with E-state index < -0.39 is 5.97 Å². The van der Waals surface area contributed by atoms with Gasteiger partial charge < -0.3 is 4.74 Å². The van der Waals surface area contributed by atoms with Crippen molar-refractivity contribution < 1.29 is 14.3 Å². The normalized spacial score (nSPS) is 10.6. The minimum Gasteiger partial charge on any atom is -0.465 e. The highest BCUT2D eigenvalue weighted by Crippen LogP contribution is 2.23. The molecule has 22 heavy (non-hydrogen) atoms. The molecule has 0 unspecified atom stereocenters. The largest absolute Gasteiger partial charge is 0.465 e. The van der Waals surface area contributed by atoms with Crippen LogP contribution in [0.1, 0.15) is 31.8 Å². The van der Waals surface area contributed by atoms with E-state index in [1.807, 2.05) is 24.3 Å². The SMILES string of the molecule is COC(=O)c1cccc(Cl)c1/C=C/Cc1ccccc1C=O. The Hall–Kier alpha value is -2.39. The molecule has 0 saturated heterocycles. The van der Waals surface area contributed by atoms with E-state index in [0.717, 1.165) is 11.8 Å². The Morgan fingerprint density at radius 3 is 2.68 bits per heavy atom. The summed E-state index contributed by atoms with van der Waals surface area (Å²) < 4.78 is 4.76. The number of benzene rings is 2. The second-order valence-electron chi connectivity index (χ2n) is 4.62. The first kappa shape index (κ1) is 16.0. The quantitative estimate of drug-likeness (QED) is 0.614. The lowest BCUT2D eigenvalue weighted by Crippen LogP contribution is -2.03. The van der Waals surface area contributed by atoms with E-state index >= 15 is 0 Å². The summed E-state index contributed by atoms with van der Waals surface area (Å²) in [6.45, 7) is 0. The van der Waals surface area contributed by atoms with Gasteiger partial charge in [0.1, 0.15) is 6.29 Å². The molecule has 0 heterocycles. The molecule has 4 heteroatoms. The van der Waals surface area contributed by atoms with Crippen molar-refractivity contribution in [3.05, 3.63) is 75.8 Å². The number of rotatable bonds is 5. The van der Waals surface area contributed by atoms with Gasteiger partial charge in [0.05, 0.1) is 12.7 Å². The molecule has 0 aliphatic heterocycles. The molecule has 0 bridgehead atoms. The van der Waals surface area contributed by atoms with Crippen LogP contribution in [0, 0.1) is 0 Å². The molecule has 0 N–H and O–H groups in total. The third-order valence-corrected chi connectivity index (χ3v) is 3.59. The monoisotopic (exact) mass is 314 g/mol. The number of aldehydes is 1. The van der Waals surface area contributed by atoms with Crippen LogP contribution in [0.5, 0.6) is 0 Å². The van der Waals surface area contributed by atoms with Crippen molar-refractivity contribution in [3.8, 4) is 0 Å². The van der Waals surface area contributed by atoms with E-state index in [4.69, 9.17) is 16.3 Å². The van der Waals surface area contributed by atoms with E-state index in [2.05, 4.69) is 0 Å². The lowest BCUT2D eigenvalue weighted by molar-refractivity contribution is 0.0600. The van der Waals surface area contributed by atoms with Crippen LogP contribution in [-0.4, -0.2) is 19.4 Å². The van der Waals surface area contributed by atoms with Crippen molar-refractivity contribution in [2.45, 2.75) is 6.42 Å². The standard InChI is InChI=1S/C18H15ClO3/c1-22-18(21)16-10-5-11-17(19)15(16)9-4-8-13-6-2-3-7-14(13)12-20/h2-7,9-12H,8H2,1H3/b9-4+. The van der Waals surface area contributed by atoms with Crippen LogP contribution in [0.2, 0.25) is 5.02 Å². The summed E-state index contributed by atoms with van der Waals surface area (Å²) in [7, 11) is 1.33. The molecule has 3 nitrogen and oxygen atoms in total. The second kappa shape index (κ2) is 7.57. The predicted molar refractivity (Wildman–Crippen MR) is 87.4 cm³/mol. The summed E-state index contributed by atoms with van der Waals surface area (Å²) in [6.07, 6.45) is 5.05. The van der Waals surface area contributed by atoms with E-state index in [9.17, 15) is 9.59 Å². The van der Waals surface area contributed by atoms with Gasteiger partial charge in [-0.25, -0.2) is 4.79 Å². The van der Waals surface area contributed by atoms with Crippen LogP contribution in [0.3, 0.4) is 0 Å². The molecule has 0 spiro atoms. The molecule has 0 aromatic heterocycles. The highest BCUT2D eigenvalue weighted by atomic mass is 35.5. The number of ether oxygens (including phenoxy) is 1. The fraction of sp³-hybridized carbons (Fsp3) is 0.111. The number of hydrogen-bond acceptors (Lipinski definition) is 3. The molecule has 2 aromatic rings. The molecule has 2 aromatic carbocycles. The van der Waals surface area contributed by atoms with Gasteiger partial charge in [-0.3, -0.25) is 4.79 Å². The van der Waals surface area contributed by atoms with Crippen molar-refractivity contribution in [1.29, 1.82) is 0 Å². The van der Waals surface area contributed by atoms with Crippen molar-refractivity contribution >= 4 is 29.9 Å². The van der Waals surface area contributed by atoms with Gasteiger partial charge in [0.15, 0.2) is 0 Å².